The van der Waals surface area contributed by atoms with E-state index in [9.17, 15) is 0 Å². The van der Waals surface area contributed by atoms with E-state index < -0.39 is 0 Å². The highest BCUT2D eigenvalue weighted by Crippen LogP contribution is 2.52. The van der Waals surface area contributed by atoms with Gasteiger partial charge in [0, 0.05) is 56.4 Å². The van der Waals surface area contributed by atoms with Crippen LogP contribution in [0.25, 0.3) is 56.0 Å². The molecule has 10 aromatic rings. The fourth-order valence-corrected chi connectivity index (χ4v) is 10.4. The molecule has 0 bridgehead atoms. The molecular formula is C60H46N4. The first-order chi connectivity index (χ1) is 31.5. The van der Waals surface area contributed by atoms with Crippen LogP contribution in [0.4, 0.5) is 34.1 Å². The molecule has 0 atom stereocenters. The summed E-state index contributed by atoms with van der Waals surface area (Å²) in [7, 11) is 0. The number of para-hydroxylation sites is 3. The van der Waals surface area contributed by atoms with Gasteiger partial charge < -0.3 is 9.80 Å². The maximum Gasteiger partial charge on any atom is 0.137 e. The Morgan fingerprint density at radius 2 is 1.19 bits per heavy atom. The van der Waals surface area contributed by atoms with Crippen LogP contribution in [-0.2, 0) is 11.8 Å². The number of hydrogen-bond donors (Lipinski definition) is 0. The van der Waals surface area contributed by atoms with E-state index in [-0.39, 0.29) is 5.41 Å². The second-order valence-electron chi connectivity index (χ2n) is 17.5. The Bertz CT molecular complexity index is 3420. The first kappa shape index (κ1) is 37.8. The number of anilines is 6. The van der Waals surface area contributed by atoms with E-state index in [1.807, 2.05) is 12.3 Å². The lowest BCUT2D eigenvalue weighted by Gasteiger charge is -2.32. The highest BCUT2D eigenvalue weighted by molar-refractivity contribution is 6.10. The molecule has 64 heavy (non-hydrogen) atoms. The third-order valence-electron chi connectivity index (χ3n) is 13.4. The Morgan fingerprint density at radius 1 is 0.484 bits per heavy atom. The predicted octanol–water partition coefficient (Wildman–Crippen LogP) is 16.1. The van der Waals surface area contributed by atoms with Crippen LogP contribution in [-0.4, -0.2) is 9.55 Å². The molecule has 0 fully saturated rings. The molecule has 0 spiro atoms. The summed E-state index contributed by atoms with van der Waals surface area (Å²) in [6.45, 7) is 4.72. The van der Waals surface area contributed by atoms with Crippen LogP contribution in [0.3, 0.4) is 0 Å². The smallest absolute Gasteiger partial charge is 0.137 e. The SMILES string of the molecule is CC1(C)c2ccccc2-c2ccc(N(c3ccccc3)c3cc(-c4ccc5c(c4)c4ccccc4n5-c4ccccn4)cc(N(c4ccccc4)c4cccc5c4C=CCC5)c3)cc21. The summed E-state index contributed by atoms with van der Waals surface area (Å²) in [5, 5.41) is 2.39. The number of aromatic nitrogens is 2. The van der Waals surface area contributed by atoms with Gasteiger partial charge in [-0.1, -0.05) is 135 Å². The molecule has 8 aromatic carbocycles. The lowest BCUT2D eigenvalue weighted by atomic mass is 9.82. The standard InChI is InChI=1S/C60H46N4/c1-60(2)54-27-13-11-25-50(54)51-33-32-46(40-55(51)60)62(44-20-5-3-6-21-44)47-36-43(42-31-34-58-53(38-42)52-26-12-14-28-57(52)64(58)59-30-15-16-35-61-59)37-48(39-47)63(45-22-7-4-8-23-45)56-29-17-19-41-18-9-10-24-49(41)56/h3-8,10-17,19-40H,9,18H2,1-2H3. The highest BCUT2D eigenvalue weighted by Gasteiger charge is 2.36. The van der Waals surface area contributed by atoms with E-state index in [2.05, 4.69) is 234 Å². The molecule has 2 aromatic heterocycles. The molecular weight excluding hydrogens is 777 g/mol. The summed E-state index contributed by atoms with van der Waals surface area (Å²) >= 11 is 0. The third kappa shape index (κ3) is 6.17. The maximum absolute atomic E-state index is 4.80. The zero-order valence-corrected chi connectivity index (χ0v) is 36.0. The van der Waals surface area contributed by atoms with Gasteiger partial charge in [-0.15, -0.1) is 0 Å². The van der Waals surface area contributed by atoms with E-state index in [4.69, 9.17) is 4.98 Å². The average Bonchev–Trinajstić information content (AvgIpc) is 3.80. The van der Waals surface area contributed by atoms with Gasteiger partial charge in [-0.25, -0.2) is 4.98 Å². The number of nitrogens with zero attached hydrogens (tertiary/aromatic N) is 4. The molecule has 0 saturated heterocycles. The zero-order chi connectivity index (χ0) is 42.8. The van der Waals surface area contributed by atoms with Gasteiger partial charge in [0.05, 0.1) is 16.7 Å². The van der Waals surface area contributed by atoms with Crippen LogP contribution in [0.5, 0.6) is 0 Å². The van der Waals surface area contributed by atoms with Gasteiger partial charge in [0.15, 0.2) is 0 Å². The maximum atomic E-state index is 4.80. The molecule has 0 radical (unpaired) electrons. The monoisotopic (exact) mass is 822 g/mol. The topological polar surface area (TPSA) is 24.3 Å². The van der Waals surface area contributed by atoms with Gasteiger partial charge in [-0.05, 0) is 143 Å². The Kier molecular flexibility index (Phi) is 8.94. The summed E-state index contributed by atoms with van der Waals surface area (Å²) in [5.74, 6) is 0.906. The first-order valence-electron chi connectivity index (χ1n) is 22.3. The second kappa shape index (κ2) is 15.1. The van der Waals surface area contributed by atoms with E-state index in [1.165, 1.54) is 49.8 Å². The summed E-state index contributed by atoms with van der Waals surface area (Å²) in [5.41, 5.74) is 19.0. The van der Waals surface area contributed by atoms with Gasteiger partial charge in [0.2, 0.25) is 0 Å². The molecule has 2 aliphatic rings. The van der Waals surface area contributed by atoms with Gasteiger partial charge in [0.25, 0.3) is 0 Å². The molecule has 4 nitrogen and oxygen atoms in total. The summed E-state index contributed by atoms with van der Waals surface area (Å²) < 4.78 is 2.28. The number of rotatable bonds is 8. The zero-order valence-electron chi connectivity index (χ0n) is 36.0. The van der Waals surface area contributed by atoms with E-state index in [0.717, 1.165) is 69.3 Å². The molecule has 2 aliphatic carbocycles. The molecule has 0 saturated carbocycles. The molecule has 0 aliphatic heterocycles. The lowest BCUT2D eigenvalue weighted by molar-refractivity contribution is 0.660. The lowest BCUT2D eigenvalue weighted by Crippen LogP contribution is -2.17. The van der Waals surface area contributed by atoms with Crippen LogP contribution in [0.15, 0.2) is 212 Å². The number of benzene rings is 8. The second-order valence-corrected chi connectivity index (χ2v) is 17.5. The van der Waals surface area contributed by atoms with Crippen molar-refractivity contribution in [1.82, 2.24) is 9.55 Å². The Hall–Kier alpha value is -7.95. The molecule has 12 rings (SSSR count). The minimum Gasteiger partial charge on any atom is -0.310 e. The summed E-state index contributed by atoms with van der Waals surface area (Å²) in [4.78, 5) is 9.70. The van der Waals surface area contributed by atoms with Crippen molar-refractivity contribution in [2.24, 2.45) is 0 Å². The number of fused-ring (bicyclic) bond motifs is 7. The van der Waals surface area contributed by atoms with Crippen LogP contribution in [0.1, 0.15) is 42.5 Å². The average molecular weight is 823 g/mol. The predicted molar refractivity (Wildman–Crippen MR) is 268 cm³/mol. The fourth-order valence-electron chi connectivity index (χ4n) is 10.4. The Morgan fingerprint density at radius 3 is 2.00 bits per heavy atom. The van der Waals surface area contributed by atoms with Gasteiger partial charge >= 0.3 is 0 Å². The number of aryl methyl sites for hydroxylation is 1. The van der Waals surface area contributed by atoms with Crippen LogP contribution < -0.4 is 9.80 Å². The molecule has 4 heteroatoms. The highest BCUT2D eigenvalue weighted by atomic mass is 15.2. The fraction of sp³-hybridized carbons (Fsp3) is 0.0833. The molecule has 0 N–H and O–H groups in total. The minimum absolute atomic E-state index is 0.148. The van der Waals surface area contributed by atoms with Gasteiger partial charge in [-0.3, -0.25) is 4.57 Å². The van der Waals surface area contributed by atoms with Crippen molar-refractivity contribution in [2.45, 2.75) is 32.1 Å². The number of allylic oxidation sites excluding steroid dienone is 1. The molecule has 0 amide bonds. The van der Waals surface area contributed by atoms with Crippen molar-refractivity contribution in [3.63, 3.8) is 0 Å². The van der Waals surface area contributed by atoms with Gasteiger partial charge in [-0.2, -0.15) is 0 Å². The first-order valence-corrected chi connectivity index (χ1v) is 22.3. The summed E-state index contributed by atoms with van der Waals surface area (Å²) in [6.07, 6.45) is 8.59. The molecule has 2 heterocycles. The van der Waals surface area contributed by atoms with Crippen molar-refractivity contribution in [2.75, 3.05) is 9.80 Å². The summed E-state index contributed by atoms with van der Waals surface area (Å²) in [6, 6.07) is 73.3. The van der Waals surface area contributed by atoms with Gasteiger partial charge in [0.1, 0.15) is 5.82 Å². The third-order valence-corrected chi connectivity index (χ3v) is 13.4. The quantitative estimate of drug-likeness (QED) is 0.153. The number of pyridine rings is 1. The van der Waals surface area contributed by atoms with Crippen molar-refractivity contribution in [3.05, 3.63) is 235 Å². The van der Waals surface area contributed by atoms with Crippen LogP contribution in [0.2, 0.25) is 0 Å². The van der Waals surface area contributed by atoms with E-state index in [0.29, 0.717) is 0 Å². The van der Waals surface area contributed by atoms with Crippen molar-refractivity contribution < 1.29 is 0 Å². The van der Waals surface area contributed by atoms with Crippen molar-refractivity contribution in [1.29, 1.82) is 0 Å². The van der Waals surface area contributed by atoms with E-state index >= 15 is 0 Å². The number of hydrogen-bond acceptors (Lipinski definition) is 3. The molecule has 0 unspecified atom stereocenters. The van der Waals surface area contributed by atoms with E-state index in [1.54, 1.807) is 0 Å². The largest absolute Gasteiger partial charge is 0.310 e. The van der Waals surface area contributed by atoms with Crippen molar-refractivity contribution in [3.8, 4) is 28.1 Å². The normalized spacial score (nSPS) is 13.4. The minimum atomic E-state index is -0.148. The Labute approximate surface area is 374 Å². The Balaban J connectivity index is 1.12. The molecule has 306 valence electrons. The van der Waals surface area contributed by atoms with Crippen molar-refractivity contribution >= 4 is 62.0 Å². The van der Waals surface area contributed by atoms with Crippen LogP contribution in [0, 0.1) is 0 Å². The van der Waals surface area contributed by atoms with Crippen LogP contribution >= 0.6 is 0 Å².